The molecule has 0 saturated carbocycles. The third-order valence-electron chi connectivity index (χ3n) is 4.63. The molecule has 130 valence electrons. The number of sulfonamides is 1. The first kappa shape index (κ1) is 17.0. The van der Waals surface area contributed by atoms with Gasteiger partial charge in [0.1, 0.15) is 0 Å². The Balaban J connectivity index is 1.83. The molecule has 0 bridgehead atoms. The molecular formula is C17H23N3O3S. The van der Waals surface area contributed by atoms with Crippen molar-refractivity contribution in [2.45, 2.75) is 13.3 Å². The van der Waals surface area contributed by atoms with Gasteiger partial charge in [-0.15, -0.1) is 0 Å². The molecule has 1 saturated heterocycles. The van der Waals surface area contributed by atoms with E-state index in [1.165, 1.54) is 4.31 Å². The van der Waals surface area contributed by atoms with Crippen molar-refractivity contribution >= 4 is 26.8 Å². The maximum atomic E-state index is 13.0. The van der Waals surface area contributed by atoms with E-state index in [1.54, 1.807) is 11.8 Å². The van der Waals surface area contributed by atoms with Gasteiger partial charge in [-0.2, -0.15) is 0 Å². The van der Waals surface area contributed by atoms with Crippen LogP contribution in [0.1, 0.15) is 23.7 Å². The standard InChI is InChI=1S/C17H23N3O3S/c1-3-24(22,23)20-10-6-9-19(11-12-20)17(21)15-13-18(2)16-8-5-4-7-14(15)16/h4-5,7-8,13H,3,6,9-12H2,1-2H3. The van der Waals surface area contributed by atoms with Gasteiger partial charge in [0.15, 0.2) is 0 Å². The number of carbonyl (C=O) groups is 1. The van der Waals surface area contributed by atoms with Crippen LogP contribution in [0.25, 0.3) is 10.9 Å². The second-order valence-corrected chi connectivity index (χ2v) is 8.37. The molecule has 6 nitrogen and oxygen atoms in total. The lowest BCUT2D eigenvalue weighted by Gasteiger charge is -2.21. The predicted molar refractivity (Wildman–Crippen MR) is 94.5 cm³/mol. The maximum absolute atomic E-state index is 13.0. The predicted octanol–water partition coefficient (Wildman–Crippen LogP) is 1.68. The van der Waals surface area contributed by atoms with Gasteiger partial charge in [-0.3, -0.25) is 4.79 Å². The lowest BCUT2D eigenvalue weighted by atomic mass is 10.1. The summed E-state index contributed by atoms with van der Waals surface area (Å²) in [6, 6.07) is 7.82. The third-order valence-corrected chi connectivity index (χ3v) is 6.51. The van der Waals surface area contributed by atoms with Crippen molar-refractivity contribution in [2.75, 3.05) is 31.9 Å². The van der Waals surface area contributed by atoms with Gasteiger partial charge in [-0.1, -0.05) is 18.2 Å². The molecule has 0 unspecified atom stereocenters. The van der Waals surface area contributed by atoms with Gasteiger partial charge in [0.05, 0.1) is 11.3 Å². The zero-order valence-electron chi connectivity index (χ0n) is 14.1. The second-order valence-electron chi connectivity index (χ2n) is 6.12. The Hall–Kier alpha value is -1.86. The van der Waals surface area contributed by atoms with Crippen LogP contribution in [0.5, 0.6) is 0 Å². The molecule has 1 fully saturated rings. The molecule has 1 aromatic carbocycles. The highest BCUT2D eigenvalue weighted by Gasteiger charge is 2.27. The van der Waals surface area contributed by atoms with Crippen molar-refractivity contribution in [3.05, 3.63) is 36.0 Å². The van der Waals surface area contributed by atoms with E-state index in [4.69, 9.17) is 0 Å². The summed E-state index contributed by atoms with van der Waals surface area (Å²) in [5.74, 6) is 0.0760. The zero-order valence-corrected chi connectivity index (χ0v) is 14.9. The highest BCUT2D eigenvalue weighted by molar-refractivity contribution is 7.89. The summed E-state index contributed by atoms with van der Waals surface area (Å²) >= 11 is 0. The van der Waals surface area contributed by atoms with Gasteiger partial charge in [0.2, 0.25) is 10.0 Å². The van der Waals surface area contributed by atoms with E-state index in [2.05, 4.69) is 0 Å². The Bertz CT molecular complexity index is 857. The average Bonchev–Trinajstić information content (AvgIpc) is 2.77. The number of para-hydroxylation sites is 1. The number of aromatic nitrogens is 1. The Morgan fingerprint density at radius 1 is 1.12 bits per heavy atom. The van der Waals surface area contributed by atoms with E-state index in [1.807, 2.05) is 42.1 Å². The monoisotopic (exact) mass is 349 g/mol. The van der Waals surface area contributed by atoms with Gasteiger partial charge in [-0.25, -0.2) is 12.7 Å². The molecule has 0 radical (unpaired) electrons. The normalized spacial score (nSPS) is 17.2. The number of hydrogen-bond acceptors (Lipinski definition) is 3. The SMILES string of the molecule is CCS(=O)(=O)N1CCCN(C(=O)c2cn(C)c3ccccc23)CC1. The smallest absolute Gasteiger partial charge is 0.256 e. The number of nitrogens with zero attached hydrogens (tertiary/aromatic N) is 3. The van der Waals surface area contributed by atoms with Crippen molar-refractivity contribution in [1.82, 2.24) is 13.8 Å². The van der Waals surface area contributed by atoms with Crippen LogP contribution in [0, 0.1) is 0 Å². The highest BCUT2D eigenvalue weighted by atomic mass is 32.2. The third kappa shape index (κ3) is 3.06. The number of hydrogen-bond donors (Lipinski definition) is 0. The van der Waals surface area contributed by atoms with Crippen LogP contribution in [0.4, 0.5) is 0 Å². The topological polar surface area (TPSA) is 62.6 Å². The van der Waals surface area contributed by atoms with Crippen molar-refractivity contribution in [3.8, 4) is 0 Å². The van der Waals surface area contributed by atoms with E-state index in [-0.39, 0.29) is 11.7 Å². The Morgan fingerprint density at radius 3 is 2.62 bits per heavy atom. The van der Waals surface area contributed by atoms with Crippen LogP contribution in [-0.4, -0.2) is 60.0 Å². The number of amides is 1. The molecule has 1 amide bonds. The van der Waals surface area contributed by atoms with Crippen molar-refractivity contribution in [1.29, 1.82) is 0 Å². The first-order valence-corrected chi connectivity index (χ1v) is 9.86. The lowest BCUT2D eigenvalue weighted by molar-refractivity contribution is 0.0766. The minimum Gasteiger partial charge on any atom is -0.350 e. The van der Waals surface area contributed by atoms with Crippen LogP contribution in [0.3, 0.4) is 0 Å². The lowest BCUT2D eigenvalue weighted by Crippen LogP contribution is -2.37. The first-order chi connectivity index (χ1) is 11.4. The summed E-state index contributed by atoms with van der Waals surface area (Å²) in [6.45, 7) is 3.51. The van der Waals surface area contributed by atoms with Crippen molar-refractivity contribution < 1.29 is 13.2 Å². The van der Waals surface area contributed by atoms with E-state index >= 15 is 0 Å². The molecule has 0 spiro atoms. The maximum Gasteiger partial charge on any atom is 0.256 e. The van der Waals surface area contributed by atoms with Gasteiger partial charge in [0, 0.05) is 50.3 Å². The number of benzene rings is 1. The van der Waals surface area contributed by atoms with E-state index in [9.17, 15) is 13.2 Å². The quantitative estimate of drug-likeness (QED) is 0.847. The fraction of sp³-hybridized carbons (Fsp3) is 0.471. The van der Waals surface area contributed by atoms with E-state index in [0.717, 1.165) is 10.9 Å². The number of rotatable bonds is 3. The fourth-order valence-electron chi connectivity index (χ4n) is 3.24. The molecule has 1 aliphatic rings. The van der Waals surface area contributed by atoms with Gasteiger partial charge < -0.3 is 9.47 Å². The van der Waals surface area contributed by atoms with Crippen molar-refractivity contribution in [2.24, 2.45) is 7.05 Å². The summed E-state index contributed by atoms with van der Waals surface area (Å²) in [7, 11) is -1.27. The molecule has 1 aromatic heterocycles. The largest absolute Gasteiger partial charge is 0.350 e. The molecule has 1 aliphatic heterocycles. The molecule has 24 heavy (non-hydrogen) atoms. The number of fused-ring (bicyclic) bond motifs is 1. The Kier molecular flexibility index (Phi) is 4.64. The Morgan fingerprint density at radius 2 is 1.88 bits per heavy atom. The summed E-state index contributed by atoms with van der Waals surface area (Å²) in [4.78, 5) is 14.7. The van der Waals surface area contributed by atoms with Gasteiger partial charge in [0.25, 0.3) is 5.91 Å². The van der Waals surface area contributed by atoms with Crippen LogP contribution < -0.4 is 0 Å². The molecule has 2 heterocycles. The Labute approximate surface area is 142 Å². The van der Waals surface area contributed by atoms with E-state index < -0.39 is 10.0 Å². The summed E-state index contributed by atoms with van der Waals surface area (Å²) in [5.41, 5.74) is 1.70. The zero-order chi connectivity index (χ0) is 17.3. The second kappa shape index (κ2) is 6.57. The minimum absolute atomic E-state index is 0.0254. The first-order valence-electron chi connectivity index (χ1n) is 8.25. The fourth-order valence-corrected chi connectivity index (χ4v) is 4.37. The summed E-state index contributed by atoms with van der Waals surface area (Å²) in [5, 5.41) is 0.937. The highest BCUT2D eigenvalue weighted by Crippen LogP contribution is 2.22. The van der Waals surface area contributed by atoms with Gasteiger partial charge >= 0.3 is 0 Å². The molecular weight excluding hydrogens is 326 g/mol. The van der Waals surface area contributed by atoms with Crippen LogP contribution in [0.2, 0.25) is 0 Å². The molecule has 2 aromatic rings. The van der Waals surface area contributed by atoms with Gasteiger partial charge in [-0.05, 0) is 19.4 Å². The van der Waals surface area contributed by atoms with Crippen LogP contribution in [-0.2, 0) is 17.1 Å². The minimum atomic E-state index is -3.20. The number of aryl methyl sites for hydroxylation is 1. The average molecular weight is 349 g/mol. The molecule has 0 N–H and O–H groups in total. The summed E-state index contributed by atoms with van der Waals surface area (Å²) in [6.07, 6.45) is 2.52. The van der Waals surface area contributed by atoms with Crippen LogP contribution in [0.15, 0.2) is 30.5 Å². The number of carbonyl (C=O) groups excluding carboxylic acids is 1. The molecule has 0 aliphatic carbocycles. The molecule has 3 rings (SSSR count). The molecule has 7 heteroatoms. The van der Waals surface area contributed by atoms with E-state index in [0.29, 0.717) is 38.2 Å². The summed E-state index contributed by atoms with van der Waals surface area (Å²) < 4.78 is 27.6. The molecule has 0 atom stereocenters. The van der Waals surface area contributed by atoms with Crippen LogP contribution >= 0.6 is 0 Å². The van der Waals surface area contributed by atoms with Crippen molar-refractivity contribution in [3.63, 3.8) is 0 Å².